The van der Waals surface area contributed by atoms with Gasteiger partial charge in [0.1, 0.15) is 0 Å². The van der Waals surface area contributed by atoms with Crippen LogP contribution in [0.3, 0.4) is 0 Å². The molecule has 0 aromatic carbocycles. The highest BCUT2D eigenvalue weighted by molar-refractivity contribution is 5.76. The van der Waals surface area contributed by atoms with Gasteiger partial charge in [-0.25, -0.2) is 10.5 Å². The number of nitrogens with two attached hydrogens (primary N) is 1. The zero-order valence-corrected chi connectivity index (χ0v) is 7.20. The minimum atomic E-state index is 0.0550. The first-order valence-corrected chi connectivity index (χ1v) is 3.44. The fourth-order valence-corrected chi connectivity index (χ4v) is 0.836. The summed E-state index contributed by atoms with van der Waals surface area (Å²) in [5.74, 6) is 0.0550. The maximum Gasteiger partial charge on any atom is 0.213 e. The Morgan fingerprint density at radius 1 is 1.73 bits per heavy atom. The van der Waals surface area contributed by atoms with Gasteiger partial charge in [-0.3, -0.25) is 5.21 Å². The largest absolute Gasteiger partial charge is 0.368 e. The van der Waals surface area contributed by atoms with E-state index in [0.717, 1.165) is 6.54 Å². The molecule has 0 saturated carbocycles. The van der Waals surface area contributed by atoms with E-state index >= 15 is 0 Å². The standard InChI is InChI=1S/C6H16N4O/c1-5(4-10(2)3)8-6(7)9-11/h5,11H,4H2,1-3H3,(H3,7,8,9). The molecule has 0 amide bonds. The van der Waals surface area contributed by atoms with Crippen LogP contribution in [0, 0.1) is 0 Å². The zero-order valence-electron chi connectivity index (χ0n) is 7.20. The van der Waals surface area contributed by atoms with Gasteiger partial charge in [-0.15, -0.1) is 0 Å². The predicted octanol–water partition coefficient (Wildman–Crippen LogP) is -0.770. The molecule has 5 nitrogen and oxygen atoms in total. The molecule has 66 valence electrons. The Hall–Kier alpha value is -0.810. The molecule has 4 N–H and O–H groups in total. The molecule has 0 radical (unpaired) electrons. The van der Waals surface area contributed by atoms with Gasteiger partial charge in [0.2, 0.25) is 5.96 Å². The molecule has 0 spiro atoms. The molecule has 0 rings (SSSR count). The van der Waals surface area contributed by atoms with E-state index in [1.54, 1.807) is 5.48 Å². The van der Waals surface area contributed by atoms with Crippen LogP contribution in [-0.2, 0) is 0 Å². The van der Waals surface area contributed by atoms with Crippen molar-refractivity contribution in [2.75, 3.05) is 20.6 Å². The summed E-state index contributed by atoms with van der Waals surface area (Å²) in [6.45, 7) is 2.73. The Morgan fingerprint density at radius 3 is 2.64 bits per heavy atom. The average Bonchev–Trinajstić information content (AvgIpc) is 1.85. The van der Waals surface area contributed by atoms with Gasteiger partial charge >= 0.3 is 0 Å². The average molecular weight is 160 g/mol. The van der Waals surface area contributed by atoms with Crippen LogP contribution in [0.1, 0.15) is 6.92 Å². The lowest BCUT2D eigenvalue weighted by molar-refractivity contribution is 0.231. The smallest absolute Gasteiger partial charge is 0.213 e. The van der Waals surface area contributed by atoms with Crippen molar-refractivity contribution in [1.29, 1.82) is 0 Å². The lowest BCUT2D eigenvalue weighted by atomic mass is 10.3. The van der Waals surface area contributed by atoms with Crippen LogP contribution in [0.2, 0.25) is 0 Å². The number of likely N-dealkylation sites (N-methyl/N-ethyl adjacent to an activating group) is 1. The predicted molar refractivity (Wildman–Crippen MR) is 44.6 cm³/mol. The summed E-state index contributed by atoms with van der Waals surface area (Å²) in [5.41, 5.74) is 7.00. The number of nitrogens with zero attached hydrogens (tertiary/aromatic N) is 2. The third kappa shape index (κ3) is 5.63. The lowest BCUT2D eigenvalue weighted by Crippen LogP contribution is -2.32. The highest BCUT2D eigenvalue weighted by Gasteiger charge is 2.00. The molecule has 0 aromatic heterocycles. The summed E-state index contributed by atoms with van der Waals surface area (Å²) in [5, 5.41) is 8.30. The molecular formula is C6H16N4O. The van der Waals surface area contributed by atoms with Crippen molar-refractivity contribution >= 4 is 5.96 Å². The number of rotatable bonds is 3. The molecule has 0 aliphatic carbocycles. The van der Waals surface area contributed by atoms with Crippen molar-refractivity contribution in [1.82, 2.24) is 10.4 Å². The molecule has 1 unspecified atom stereocenters. The molecule has 0 fully saturated rings. The molecular weight excluding hydrogens is 144 g/mol. The van der Waals surface area contributed by atoms with Crippen molar-refractivity contribution in [2.45, 2.75) is 13.0 Å². The van der Waals surface area contributed by atoms with Crippen molar-refractivity contribution in [3.63, 3.8) is 0 Å². The van der Waals surface area contributed by atoms with Gasteiger partial charge < -0.3 is 10.6 Å². The van der Waals surface area contributed by atoms with Gasteiger partial charge in [-0.05, 0) is 21.0 Å². The van der Waals surface area contributed by atoms with Crippen molar-refractivity contribution in [3.05, 3.63) is 0 Å². The molecule has 0 heterocycles. The van der Waals surface area contributed by atoms with Crippen LogP contribution < -0.4 is 11.2 Å². The minimum Gasteiger partial charge on any atom is -0.368 e. The second-order valence-electron chi connectivity index (χ2n) is 2.74. The Balaban J connectivity index is 3.75. The molecule has 0 saturated heterocycles. The Bertz CT molecular complexity index is 135. The second-order valence-corrected chi connectivity index (χ2v) is 2.74. The molecule has 5 heteroatoms. The third-order valence-electron chi connectivity index (χ3n) is 1.10. The number of hydroxylamine groups is 1. The summed E-state index contributed by atoms with van der Waals surface area (Å²) in [6, 6.07) is 0.0876. The van der Waals surface area contributed by atoms with Crippen LogP contribution in [0.25, 0.3) is 0 Å². The summed E-state index contributed by atoms with van der Waals surface area (Å²) in [4.78, 5) is 5.93. The summed E-state index contributed by atoms with van der Waals surface area (Å²) in [7, 11) is 3.91. The maximum absolute atomic E-state index is 8.30. The summed E-state index contributed by atoms with van der Waals surface area (Å²) >= 11 is 0. The van der Waals surface area contributed by atoms with E-state index in [1.807, 2.05) is 25.9 Å². The Kier molecular flexibility index (Phi) is 4.56. The number of hydrogen-bond donors (Lipinski definition) is 3. The van der Waals surface area contributed by atoms with Crippen LogP contribution in [-0.4, -0.2) is 42.7 Å². The number of nitrogens with one attached hydrogen (secondary N) is 1. The van der Waals surface area contributed by atoms with Gasteiger partial charge in [-0.2, -0.15) is 0 Å². The summed E-state index contributed by atoms with van der Waals surface area (Å²) < 4.78 is 0. The highest BCUT2D eigenvalue weighted by atomic mass is 16.5. The van der Waals surface area contributed by atoms with E-state index in [4.69, 9.17) is 10.9 Å². The van der Waals surface area contributed by atoms with Crippen LogP contribution in [0.5, 0.6) is 0 Å². The second kappa shape index (κ2) is 4.92. The summed E-state index contributed by atoms with van der Waals surface area (Å²) in [6.07, 6.45) is 0. The maximum atomic E-state index is 8.30. The minimum absolute atomic E-state index is 0.0550. The molecule has 11 heavy (non-hydrogen) atoms. The van der Waals surface area contributed by atoms with Crippen LogP contribution in [0.4, 0.5) is 0 Å². The van der Waals surface area contributed by atoms with Gasteiger partial charge in [0.25, 0.3) is 0 Å². The Morgan fingerprint density at radius 2 is 2.27 bits per heavy atom. The molecule has 0 bridgehead atoms. The van der Waals surface area contributed by atoms with E-state index in [-0.39, 0.29) is 12.0 Å². The van der Waals surface area contributed by atoms with Crippen molar-refractivity contribution in [2.24, 2.45) is 10.7 Å². The molecule has 1 atom stereocenters. The van der Waals surface area contributed by atoms with Crippen molar-refractivity contribution < 1.29 is 5.21 Å². The van der Waals surface area contributed by atoms with E-state index < -0.39 is 0 Å². The van der Waals surface area contributed by atoms with E-state index in [2.05, 4.69) is 4.99 Å². The monoisotopic (exact) mass is 160 g/mol. The first-order chi connectivity index (χ1) is 5.06. The quantitative estimate of drug-likeness (QED) is 0.288. The van der Waals surface area contributed by atoms with Gasteiger partial charge in [0, 0.05) is 6.54 Å². The fourth-order valence-electron chi connectivity index (χ4n) is 0.836. The van der Waals surface area contributed by atoms with Gasteiger partial charge in [-0.1, -0.05) is 0 Å². The normalized spacial score (nSPS) is 15.2. The highest BCUT2D eigenvalue weighted by Crippen LogP contribution is 1.89. The third-order valence-corrected chi connectivity index (χ3v) is 1.10. The van der Waals surface area contributed by atoms with E-state index in [9.17, 15) is 0 Å². The van der Waals surface area contributed by atoms with Crippen LogP contribution >= 0.6 is 0 Å². The van der Waals surface area contributed by atoms with Crippen molar-refractivity contribution in [3.8, 4) is 0 Å². The zero-order chi connectivity index (χ0) is 8.85. The van der Waals surface area contributed by atoms with Crippen LogP contribution in [0.15, 0.2) is 4.99 Å². The van der Waals surface area contributed by atoms with Gasteiger partial charge in [0.15, 0.2) is 0 Å². The number of guanidine groups is 1. The van der Waals surface area contributed by atoms with Gasteiger partial charge in [0.05, 0.1) is 6.04 Å². The molecule has 0 aliphatic rings. The molecule has 0 aliphatic heterocycles. The first kappa shape index (κ1) is 10.2. The first-order valence-electron chi connectivity index (χ1n) is 3.44. The number of aliphatic imine (C=N–C) groups is 1. The molecule has 0 aromatic rings. The fraction of sp³-hybridized carbons (Fsp3) is 0.833. The lowest BCUT2D eigenvalue weighted by Gasteiger charge is -2.13. The Labute approximate surface area is 66.9 Å². The SMILES string of the molecule is CC(CN(C)C)N=C(N)NO. The van der Waals surface area contributed by atoms with E-state index in [1.165, 1.54) is 0 Å². The number of hydrogen-bond acceptors (Lipinski definition) is 3. The topological polar surface area (TPSA) is 73.9 Å². The van der Waals surface area contributed by atoms with E-state index in [0.29, 0.717) is 0 Å².